The minimum Gasteiger partial charge on any atom is -0.493 e. The monoisotopic (exact) mass is 287 g/mol. The lowest BCUT2D eigenvalue weighted by Gasteiger charge is -2.25. The Bertz CT molecular complexity index is 392. The molecule has 8 heteroatoms. The number of hydrogen-bond acceptors (Lipinski definition) is 7. The highest BCUT2D eigenvalue weighted by Crippen LogP contribution is 2.28. The van der Waals surface area contributed by atoms with Gasteiger partial charge in [-0.05, 0) is 14.1 Å². The van der Waals surface area contributed by atoms with E-state index in [1.165, 1.54) is 0 Å². The van der Waals surface area contributed by atoms with Crippen LogP contribution in [0.25, 0.3) is 0 Å². The van der Waals surface area contributed by atoms with E-state index in [2.05, 4.69) is 15.4 Å². The van der Waals surface area contributed by atoms with Crippen LogP contribution in [0.4, 0.5) is 0 Å². The first kappa shape index (κ1) is 16.9. The first-order chi connectivity index (χ1) is 9.58. The van der Waals surface area contributed by atoms with Gasteiger partial charge >= 0.3 is 0 Å². The molecule has 0 saturated heterocycles. The van der Waals surface area contributed by atoms with Gasteiger partial charge in [0.05, 0.1) is 19.9 Å². The van der Waals surface area contributed by atoms with Crippen LogP contribution in [0.1, 0.15) is 11.7 Å². The van der Waals surface area contributed by atoms with Crippen molar-refractivity contribution in [3.8, 4) is 5.75 Å². The summed E-state index contributed by atoms with van der Waals surface area (Å²) in [6.45, 7) is 1.56. The Balaban J connectivity index is 3.07. The average Bonchev–Trinajstić information content (AvgIpc) is 2.85. The highest BCUT2D eigenvalue weighted by Gasteiger charge is 2.29. The molecule has 1 heterocycles. The van der Waals surface area contributed by atoms with Gasteiger partial charge in [0.25, 0.3) is 0 Å². The van der Waals surface area contributed by atoms with Gasteiger partial charge in [0.1, 0.15) is 11.7 Å². The molecule has 0 aliphatic rings. The van der Waals surface area contributed by atoms with Crippen molar-refractivity contribution in [3.05, 3.63) is 11.9 Å². The number of methoxy groups -OCH3 is 3. The third-order valence-corrected chi connectivity index (χ3v) is 3.03. The summed E-state index contributed by atoms with van der Waals surface area (Å²) in [5, 5.41) is 4.34. The molecular weight excluding hydrogens is 262 g/mol. The Morgan fingerprint density at radius 1 is 1.35 bits per heavy atom. The maximum Gasteiger partial charge on any atom is 0.179 e. The van der Waals surface area contributed by atoms with Crippen LogP contribution in [0, 0.1) is 0 Å². The molecule has 0 radical (unpaired) electrons. The first-order valence-electron chi connectivity index (χ1n) is 6.35. The molecule has 0 spiro atoms. The standard InChI is InChI=1S/C12H25N5O3/c1-16(2)6-7-17-11(9(18-3)8-14-17)10(15-13)12(19-4)20-5/h8,10,12,15H,6-7,13H2,1-5H3. The summed E-state index contributed by atoms with van der Waals surface area (Å²) < 4.78 is 17.8. The number of hydrazine groups is 1. The van der Waals surface area contributed by atoms with E-state index in [-0.39, 0.29) is 6.04 Å². The molecule has 0 aromatic carbocycles. The predicted molar refractivity (Wildman–Crippen MR) is 75.2 cm³/mol. The SMILES string of the molecule is COc1cnn(CCN(C)C)c1C(NN)C(OC)OC. The van der Waals surface area contributed by atoms with Crippen molar-refractivity contribution >= 4 is 0 Å². The maximum absolute atomic E-state index is 5.65. The normalized spacial score (nSPS) is 13.2. The molecule has 116 valence electrons. The van der Waals surface area contributed by atoms with Crippen LogP contribution >= 0.6 is 0 Å². The topological polar surface area (TPSA) is 86.8 Å². The van der Waals surface area contributed by atoms with Gasteiger partial charge in [-0.15, -0.1) is 0 Å². The van der Waals surface area contributed by atoms with E-state index in [0.29, 0.717) is 12.3 Å². The van der Waals surface area contributed by atoms with Gasteiger partial charge in [-0.1, -0.05) is 0 Å². The van der Waals surface area contributed by atoms with Crippen molar-refractivity contribution in [2.24, 2.45) is 5.84 Å². The lowest BCUT2D eigenvalue weighted by molar-refractivity contribution is -0.125. The Morgan fingerprint density at radius 3 is 2.45 bits per heavy atom. The number of hydrogen-bond donors (Lipinski definition) is 2. The molecule has 20 heavy (non-hydrogen) atoms. The summed E-state index contributed by atoms with van der Waals surface area (Å²) in [5.74, 6) is 6.29. The van der Waals surface area contributed by atoms with Crippen molar-refractivity contribution in [3.63, 3.8) is 0 Å². The largest absolute Gasteiger partial charge is 0.493 e. The molecule has 1 aromatic heterocycles. The number of nitrogens with one attached hydrogen (secondary N) is 1. The second-order valence-electron chi connectivity index (χ2n) is 4.61. The van der Waals surface area contributed by atoms with Crippen LogP contribution in [-0.4, -0.2) is 62.9 Å². The second kappa shape index (κ2) is 8.18. The highest BCUT2D eigenvalue weighted by atomic mass is 16.7. The van der Waals surface area contributed by atoms with Crippen LogP contribution in [-0.2, 0) is 16.0 Å². The van der Waals surface area contributed by atoms with E-state index in [1.807, 2.05) is 18.8 Å². The van der Waals surface area contributed by atoms with Crippen molar-refractivity contribution in [2.45, 2.75) is 18.9 Å². The molecule has 0 amide bonds. The van der Waals surface area contributed by atoms with Crippen molar-refractivity contribution in [1.82, 2.24) is 20.1 Å². The molecule has 8 nitrogen and oxygen atoms in total. The van der Waals surface area contributed by atoms with E-state index in [9.17, 15) is 0 Å². The molecule has 1 unspecified atom stereocenters. The van der Waals surface area contributed by atoms with E-state index >= 15 is 0 Å². The van der Waals surface area contributed by atoms with Crippen molar-refractivity contribution in [2.75, 3.05) is 42.0 Å². The van der Waals surface area contributed by atoms with Crippen molar-refractivity contribution in [1.29, 1.82) is 0 Å². The summed E-state index contributed by atoms with van der Waals surface area (Å²) in [5.41, 5.74) is 3.50. The summed E-state index contributed by atoms with van der Waals surface area (Å²) in [7, 11) is 8.73. The molecule has 1 aromatic rings. The van der Waals surface area contributed by atoms with Crippen LogP contribution < -0.4 is 16.0 Å². The van der Waals surface area contributed by atoms with E-state index in [1.54, 1.807) is 27.5 Å². The summed E-state index contributed by atoms with van der Waals surface area (Å²) in [6.07, 6.45) is 1.13. The summed E-state index contributed by atoms with van der Waals surface area (Å²) in [4.78, 5) is 2.08. The van der Waals surface area contributed by atoms with Gasteiger partial charge in [-0.3, -0.25) is 10.5 Å². The molecule has 0 fully saturated rings. The van der Waals surface area contributed by atoms with Crippen LogP contribution in [0.3, 0.4) is 0 Å². The molecule has 0 aliphatic heterocycles. The molecule has 1 atom stereocenters. The minimum atomic E-state index is -0.538. The third-order valence-electron chi connectivity index (χ3n) is 3.03. The molecular formula is C12H25N5O3. The fraction of sp³-hybridized carbons (Fsp3) is 0.750. The average molecular weight is 287 g/mol. The van der Waals surface area contributed by atoms with E-state index in [4.69, 9.17) is 20.1 Å². The Kier molecular flexibility index (Phi) is 6.89. The number of nitrogens with two attached hydrogens (primary N) is 1. The summed E-state index contributed by atoms with van der Waals surface area (Å²) >= 11 is 0. The third kappa shape index (κ3) is 3.90. The molecule has 3 N–H and O–H groups in total. The zero-order chi connectivity index (χ0) is 15.1. The number of aromatic nitrogens is 2. The fourth-order valence-electron chi connectivity index (χ4n) is 1.98. The predicted octanol–water partition coefficient (Wildman–Crippen LogP) is -0.423. The van der Waals surface area contributed by atoms with E-state index < -0.39 is 6.29 Å². The van der Waals surface area contributed by atoms with Gasteiger partial charge in [0.2, 0.25) is 0 Å². The number of likely N-dealkylation sites (N-methyl/N-ethyl adjacent to an activating group) is 1. The number of nitrogens with zero attached hydrogens (tertiary/aromatic N) is 3. The van der Waals surface area contributed by atoms with Gasteiger partial charge in [-0.25, -0.2) is 5.43 Å². The molecule has 0 bridgehead atoms. The first-order valence-corrected chi connectivity index (χ1v) is 6.35. The fourth-order valence-corrected chi connectivity index (χ4v) is 1.98. The van der Waals surface area contributed by atoms with E-state index in [0.717, 1.165) is 12.2 Å². The lowest BCUT2D eigenvalue weighted by atomic mass is 10.2. The summed E-state index contributed by atoms with van der Waals surface area (Å²) in [6, 6.07) is -0.385. The van der Waals surface area contributed by atoms with Gasteiger partial charge in [-0.2, -0.15) is 5.10 Å². The number of rotatable bonds is 9. The molecule has 0 aliphatic carbocycles. The number of ether oxygens (including phenoxy) is 3. The Morgan fingerprint density at radius 2 is 2.00 bits per heavy atom. The lowest BCUT2D eigenvalue weighted by Crippen LogP contribution is -2.40. The Labute approximate surface area is 119 Å². The zero-order valence-electron chi connectivity index (χ0n) is 12.8. The minimum absolute atomic E-state index is 0.385. The molecule has 0 saturated carbocycles. The van der Waals surface area contributed by atoms with Crippen molar-refractivity contribution < 1.29 is 14.2 Å². The highest BCUT2D eigenvalue weighted by molar-refractivity contribution is 5.28. The quantitative estimate of drug-likeness (QED) is 0.362. The van der Waals surface area contributed by atoms with Gasteiger partial charge in [0.15, 0.2) is 12.0 Å². The Hall–Kier alpha value is -1.19. The van der Waals surface area contributed by atoms with Gasteiger partial charge < -0.3 is 19.1 Å². The van der Waals surface area contributed by atoms with Crippen LogP contribution in [0.15, 0.2) is 6.20 Å². The van der Waals surface area contributed by atoms with Crippen LogP contribution in [0.5, 0.6) is 5.75 Å². The second-order valence-corrected chi connectivity index (χ2v) is 4.61. The maximum atomic E-state index is 5.65. The smallest absolute Gasteiger partial charge is 0.179 e. The van der Waals surface area contributed by atoms with Gasteiger partial charge in [0, 0.05) is 20.8 Å². The zero-order valence-corrected chi connectivity index (χ0v) is 12.8. The molecule has 1 rings (SSSR count). The van der Waals surface area contributed by atoms with Crippen LogP contribution in [0.2, 0.25) is 0 Å².